The van der Waals surface area contributed by atoms with Gasteiger partial charge in [0.05, 0.1) is 10.8 Å². The number of carbonyl (C=O) groups excluding carboxylic acids is 1. The number of rotatable bonds is 5. The summed E-state index contributed by atoms with van der Waals surface area (Å²) in [7, 11) is 0. The van der Waals surface area contributed by atoms with Crippen LogP contribution in [-0.4, -0.2) is 17.0 Å². The number of anilines is 1. The Labute approximate surface area is 152 Å². The highest BCUT2D eigenvalue weighted by Gasteiger charge is 2.45. The van der Waals surface area contributed by atoms with E-state index < -0.39 is 16.8 Å². The Morgan fingerprint density at radius 1 is 1.12 bits per heavy atom. The zero-order valence-electron chi connectivity index (χ0n) is 14.9. The number of amides is 1. The van der Waals surface area contributed by atoms with Gasteiger partial charge >= 0.3 is 5.97 Å². The molecule has 0 bridgehead atoms. The number of nitrogens with one attached hydrogen (secondary N) is 1. The lowest BCUT2D eigenvalue weighted by Crippen LogP contribution is -2.46. The second-order valence-electron chi connectivity index (χ2n) is 7.41. The van der Waals surface area contributed by atoms with Crippen molar-refractivity contribution in [3.05, 3.63) is 65.5 Å². The van der Waals surface area contributed by atoms with Gasteiger partial charge in [-0.05, 0) is 62.1 Å². The fourth-order valence-corrected chi connectivity index (χ4v) is 3.31. The van der Waals surface area contributed by atoms with Crippen LogP contribution in [0.25, 0.3) is 0 Å². The van der Waals surface area contributed by atoms with Gasteiger partial charge in [0.25, 0.3) is 0 Å². The summed E-state index contributed by atoms with van der Waals surface area (Å²) in [6, 6.07) is 13.0. The van der Waals surface area contributed by atoms with Gasteiger partial charge in [-0.25, -0.2) is 4.39 Å². The van der Waals surface area contributed by atoms with E-state index in [9.17, 15) is 19.1 Å². The Bertz CT molecular complexity index is 839. The molecule has 1 amide bonds. The van der Waals surface area contributed by atoms with Crippen LogP contribution in [0.5, 0.6) is 0 Å². The van der Waals surface area contributed by atoms with Crippen molar-refractivity contribution < 1.29 is 19.1 Å². The van der Waals surface area contributed by atoms with Crippen LogP contribution in [0.3, 0.4) is 0 Å². The predicted octanol–water partition coefficient (Wildman–Crippen LogP) is 4.25. The zero-order valence-corrected chi connectivity index (χ0v) is 14.9. The minimum atomic E-state index is -1.00. The summed E-state index contributed by atoms with van der Waals surface area (Å²) in [6.45, 7) is 3.27. The van der Waals surface area contributed by atoms with Gasteiger partial charge in [0.1, 0.15) is 5.82 Å². The highest BCUT2D eigenvalue weighted by atomic mass is 19.1. The van der Waals surface area contributed by atoms with Crippen LogP contribution in [0.2, 0.25) is 0 Å². The molecule has 0 atom stereocenters. The molecule has 1 aliphatic carbocycles. The van der Waals surface area contributed by atoms with E-state index in [2.05, 4.69) is 5.32 Å². The predicted molar refractivity (Wildman–Crippen MR) is 97.7 cm³/mol. The zero-order chi connectivity index (χ0) is 18.9. The molecule has 2 aromatic rings. The standard InChI is InChI=1S/C21H22FNO3/c1-20(2,19(25)26)14-7-9-17(10-8-14)23-18(24)21(11-4-12-21)15-5-3-6-16(22)13-15/h3,5-10,13H,4,11-12H2,1-2H3,(H,23,24)(H,25,26). The summed E-state index contributed by atoms with van der Waals surface area (Å²) in [5.41, 5.74) is 0.263. The minimum Gasteiger partial charge on any atom is -0.481 e. The lowest BCUT2D eigenvalue weighted by atomic mass is 9.63. The van der Waals surface area contributed by atoms with Crippen LogP contribution in [0.15, 0.2) is 48.5 Å². The summed E-state index contributed by atoms with van der Waals surface area (Å²) in [5.74, 6) is -1.41. The summed E-state index contributed by atoms with van der Waals surface area (Å²) in [6.07, 6.45) is 2.30. The minimum absolute atomic E-state index is 0.153. The molecule has 2 N–H and O–H groups in total. The van der Waals surface area contributed by atoms with Gasteiger partial charge in [-0.1, -0.05) is 30.7 Å². The molecule has 0 aliphatic heterocycles. The van der Waals surface area contributed by atoms with E-state index in [1.54, 1.807) is 50.2 Å². The Hall–Kier alpha value is -2.69. The third kappa shape index (κ3) is 3.09. The van der Waals surface area contributed by atoms with E-state index in [1.807, 2.05) is 0 Å². The maximum absolute atomic E-state index is 13.6. The molecule has 1 saturated carbocycles. The highest BCUT2D eigenvalue weighted by molar-refractivity contribution is 6.00. The van der Waals surface area contributed by atoms with Crippen molar-refractivity contribution in [1.82, 2.24) is 0 Å². The Kier molecular flexibility index (Phi) is 4.57. The highest BCUT2D eigenvalue weighted by Crippen LogP contribution is 2.44. The van der Waals surface area contributed by atoms with Crippen LogP contribution in [0.4, 0.5) is 10.1 Å². The average molecular weight is 355 g/mol. The first-order valence-electron chi connectivity index (χ1n) is 8.67. The van der Waals surface area contributed by atoms with Crippen molar-refractivity contribution in [2.24, 2.45) is 0 Å². The fourth-order valence-electron chi connectivity index (χ4n) is 3.31. The maximum Gasteiger partial charge on any atom is 0.313 e. The Balaban J connectivity index is 1.80. The molecule has 0 unspecified atom stereocenters. The number of carboxylic acid groups (broad SMARTS) is 1. The van der Waals surface area contributed by atoms with Crippen LogP contribution in [0, 0.1) is 5.82 Å². The maximum atomic E-state index is 13.6. The van der Waals surface area contributed by atoms with Crippen LogP contribution >= 0.6 is 0 Å². The molecule has 26 heavy (non-hydrogen) atoms. The molecule has 3 rings (SSSR count). The van der Waals surface area contributed by atoms with Gasteiger partial charge in [0.15, 0.2) is 0 Å². The molecular weight excluding hydrogens is 333 g/mol. The Morgan fingerprint density at radius 2 is 1.77 bits per heavy atom. The lowest BCUT2D eigenvalue weighted by molar-refractivity contribution is -0.142. The molecule has 1 aliphatic rings. The van der Waals surface area contributed by atoms with E-state index in [4.69, 9.17) is 0 Å². The van der Waals surface area contributed by atoms with E-state index in [-0.39, 0.29) is 11.7 Å². The number of hydrogen-bond donors (Lipinski definition) is 2. The van der Waals surface area contributed by atoms with Gasteiger partial charge in [-0.3, -0.25) is 9.59 Å². The van der Waals surface area contributed by atoms with Crippen LogP contribution in [0.1, 0.15) is 44.2 Å². The van der Waals surface area contributed by atoms with Crippen molar-refractivity contribution in [2.45, 2.75) is 43.9 Å². The topological polar surface area (TPSA) is 66.4 Å². The first-order valence-corrected chi connectivity index (χ1v) is 8.67. The summed E-state index contributed by atoms with van der Waals surface area (Å²) in [5, 5.41) is 12.2. The number of halogens is 1. The molecule has 0 spiro atoms. The molecule has 136 valence electrons. The van der Waals surface area contributed by atoms with Crippen LogP contribution < -0.4 is 5.32 Å². The number of aliphatic carboxylic acids is 1. The van der Waals surface area contributed by atoms with Crippen molar-refractivity contribution in [3.63, 3.8) is 0 Å². The van der Waals surface area contributed by atoms with Crippen molar-refractivity contribution in [2.75, 3.05) is 5.32 Å². The van der Waals surface area contributed by atoms with Gasteiger partial charge in [0.2, 0.25) is 5.91 Å². The molecule has 1 fully saturated rings. The second-order valence-corrected chi connectivity index (χ2v) is 7.41. The Morgan fingerprint density at radius 3 is 2.27 bits per heavy atom. The monoisotopic (exact) mass is 355 g/mol. The van der Waals surface area contributed by atoms with Gasteiger partial charge in [0, 0.05) is 5.69 Å². The molecule has 0 saturated heterocycles. The first kappa shape index (κ1) is 18.1. The molecule has 0 heterocycles. The third-order valence-electron chi connectivity index (χ3n) is 5.42. The largest absolute Gasteiger partial charge is 0.481 e. The van der Waals surface area contributed by atoms with E-state index >= 15 is 0 Å². The summed E-state index contributed by atoms with van der Waals surface area (Å²) < 4.78 is 13.6. The SMILES string of the molecule is CC(C)(C(=O)O)c1ccc(NC(=O)C2(c3cccc(F)c3)CCC2)cc1. The van der Waals surface area contributed by atoms with Gasteiger partial charge in [-0.2, -0.15) is 0 Å². The fraction of sp³-hybridized carbons (Fsp3) is 0.333. The molecular formula is C21H22FNO3. The summed E-state index contributed by atoms with van der Waals surface area (Å²) in [4.78, 5) is 24.2. The molecule has 0 radical (unpaired) electrons. The van der Waals surface area contributed by atoms with Gasteiger partial charge in [-0.15, -0.1) is 0 Å². The van der Waals surface area contributed by atoms with E-state index in [0.717, 1.165) is 6.42 Å². The van der Waals surface area contributed by atoms with E-state index in [1.165, 1.54) is 12.1 Å². The third-order valence-corrected chi connectivity index (χ3v) is 5.42. The second kappa shape index (κ2) is 6.56. The summed E-state index contributed by atoms with van der Waals surface area (Å²) >= 11 is 0. The number of benzene rings is 2. The van der Waals surface area contributed by atoms with Crippen molar-refractivity contribution in [1.29, 1.82) is 0 Å². The number of carboxylic acids is 1. The number of hydrogen-bond acceptors (Lipinski definition) is 2. The van der Waals surface area contributed by atoms with Crippen molar-refractivity contribution >= 4 is 17.6 Å². The van der Waals surface area contributed by atoms with Gasteiger partial charge < -0.3 is 10.4 Å². The quantitative estimate of drug-likeness (QED) is 0.843. The molecule has 2 aromatic carbocycles. The smallest absolute Gasteiger partial charge is 0.313 e. The van der Waals surface area contributed by atoms with E-state index in [0.29, 0.717) is 29.7 Å². The van der Waals surface area contributed by atoms with Crippen LogP contribution in [-0.2, 0) is 20.4 Å². The molecule has 5 heteroatoms. The average Bonchev–Trinajstić information content (AvgIpc) is 2.54. The molecule has 4 nitrogen and oxygen atoms in total. The lowest BCUT2D eigenvalue weighted by Gasteiger charge is -2.40. The first-order chi connectivity index (χ1) is 12.3. The number of carbonyl (C=O) groups is 2. The normalized spacial score (nSPS) is 15.8. The molecule has 0 aromatic heterocycles. The van der Waals surface area contributed by atoms with Crippen molar-refractivity contribution in [3.8, 4) is 0 Å².